The minimum atomic E-state index is 1.13. The third-order valence-electron chi connectivity index (χ3n) is 2.53. The van der Waals surface area contributed by atoms with E-state index in [2.05, 4.69) is 72.2 Å². The summed E-state index contributed by atoms with van der Waals surface area (Å²) in [4.78, 5) is 0. The fraction of sp³-hybridized carbons (Fsp3) is 0.143. The second kappa shape index (κ2) is 4.19. The Morgan fingerprint density at radius 2 is 1.73 bits per heavy atom. The van der Waals surface area contributed by atoms with Crippen LogP contribution in [0.1, 0.15) is 11.1 Å². The van der Waals surface area contributed by atoms with Gasteiger partial charge >= 0.3 is 0 Å². The molecule has 0 spiro atoms. The summed E-state index contributed by atoms with van der Waals surface area (Å²) in [5.74, 6) is 0. The smallest absolute Gasteiger partial charge is 0.0181 e. The van der Waals surface area contributed by atoms with E-state index >= 15 is 0 Å². The van der Waals surface area contributed by atoms with E-state index < -0.39 is 0 Å². The van der Waals surface area contributed by atoms with Gasteiger partial charge in [0.25, 0.3) is 0 Å². The Bertz CT molecular complexity index is 486. The molecule has 0 nitrogen and oxygen atoms in total. The van der Waals surface area contributed by atoms with Crippen LogP contribution < -0.4 is 0 Å². The van der Waals surface area contributed by atoms with Crippen LogP contribution in [0.25, 0.3) is 11.1 Å². The molecule has 0 heterocycles. The number of rotatable bonds is 1. The van der Waals surface area contributed by atoms with Crippen LogP contribution in [-0.4, -0.2) is 0 Å². The molecule has 0 saturated carbocycles. The minimum Gasteiger partial charge on any atom is -0.0614 e. The Morgan fingerprint density at radius 3 is 2.47 bits per heavy atom. The van der Waals surface area contributed by atoms with E-state index in [0.29, 0.717) is 0 Å². The van der Waals surface area contributed by atoms with Gasteiger partial charge in [0.05, 0.1) is 0 Å². The lowest BCUT2D eigenvalue weighted by Gasteiger charge is -2.07. The van der Waals surface area contributed by atoms with Gasteiger partial charge in [-0.15, -0.1) is 0 Å². The Kier molecular flexibility index (Phi) is 2.92. The van der Waals surface area contributed by atoms with E-state index in [-0.39, 0.29) is 0 Å². The molecule has 2 rings (SSSR count). The molecule has 2 aromatic rings. The van der Waals surface area contributed by atoms with Crippen LogP contribution in [0.15, 0.2) is 46.9 Å². The van der Waals surface area contributed by atoms with E-state index in [1.165, 1.54) is 22.3 Å². The third kappa shape index (κ3) is 2.29. The van der Waals surface area contributed by atoms with Crippen LogP contribution >= 0.6 is 15.9 Å². The van der Waals surface area contributed by atoms with Crippen molar-refractivity contribution in [2.45, 2.75) is 13.8 Å². The fourth-order valence-corrected chi connectivity index (χ4v) is 2.08. The molecule has 0 aliphatic rings. The lowest BCUT2D eigenvalue weighted by molar-refractivity contribution is 1.42. The number of halogens is 1. The lowest BCUT2D eigenvalue weighted by Crippen LogP contribution is -1.84. The zero-order valence-corrected chi connectivity index (χ0v) is 10.5. The molecule has 0 N–H and O–H groups in total. The predicted octanol–water partition coefficient (Wildman–Crippen LogP) is 4.73. The number of hydrogen-bond donors (Lipinski definition) is 0. The van der Waals surface area contributed by atoms with Gasteiger partial charge in [-0.1, -0.05) is 51.8 Å². The van der Waals surface area contributed by atoms with Crippen molar-refractivity contribution >= 4 is 15.9 Å². The van der Waals surface area contributed by atoms with Gasteiger partial charge in [-0.3, -0.25) is 0 Å². The molecule has 0 radical (unpaired) electrons. The Morgan fingerprint density at radius 1 is 0.933 bits per heavy atom. The number of aryl methyl sites for hydroxylation is 2. The molecule has 0 aromatic heterocycles. The molecule has 0 saturated heterocycles. The Hall–Kier alpha value is -1.08. The first-order valence-electron chi connectivity index (χ1n) is 5.00. The first-order chi connectivity index (χ1) is 7.16. The van der Waals surface area contributed by atoms with Gasteiger partial charge in [-0.25, -0.2) is 0 Å². The van der Waals surface area contributed by atoms with Gasteiger partial charge in [0, 0.05) is 4.47 Å². The predicted molar refractivity (Wildman–Crippen MR) is 69.1 cm³/mol. The molecule has 0 fully saturated rings. The van der Waals surface area contributed by atoms with E-state index in [1.807, 2.05) is 0 Å². The molecule has 0 atom stereocenters. The molecule has 0 bridgehead atoms. The molecule has 76 valence electrons. The van der Waals surface area contributed by atoms with E-state index in [0.717, 1.165) is 4.47 Å². The molecule has 0 aliphatic carbocycles. The molecule has 2 aromatic carbocycles. The summed E-state index contributed by atoms with van der Waals surface area (Å²) in [6.07, 6.45) is 0. The number of benzene rings is 2. The average Bonchev–Trinajstić information content (AvgIpc) is 2.22. The maximum absolute atomic E-state index is 3.51. The average molecular weight is 261 g/mol. The quantitative estimate of drug-likeness (QED) is 0.696. The third-order valence-corrected chi connectivity index (χ3v) is 3.02. The topological polar surface area (TPSA) is 0 Å². The Balaban J connectivity index is 2.58. The minimum absolute atomic E-state index is 1.13. The van der Waals surface area contributed by atoms with Gasteiger partial charge < -0.3 is 0 Å². The van der Waals surface area contributed by atoms with Crippen molar-refractivity contribution in [2.75, 3.05) is 0 Å². The van der Waals surface area contributed by atoms with Gasteiger partial charge in [0.2, 0.25) is 0 Å². The lowest BCUT2D eigenvalue weighted by atomic mass is 9.99. The van der Waals surface area contributed by atoms with Crippen molar-refractivity contribution in [3.8, 4) is 11.1 Å². The van der Waals surface area contributed by atoms with Crippen molar-refractivity contribution in [1.82, 2.24) is 0 Å². The van der Waals surface area contributed by atoms with Crippen LogP contribution in [0.3, 0.4) is 0 Å². The molecule has 0 unspecified atom stereocenters. The van der Waals surface area contributed by atoms with E-state index in [9.17, 15) is 0 Å². The summed E-state index contributed by atoms with van der Waals surface area (Å²) < 4.78 is 1.13. The Labute approximate surface area is 99.1 Å². The van der Waals surface area contributed by atoms with Gasteiger partial charge in [0.15, 0.2) is 0 Å². The molecule has 0 amide bonds. The van der Waals surface area contributed by atoms with Gasteiger partial charge in [-0.05, 0) is 42.7 Å². The van der Waals surface area contributed by atoms with E-state index in [1.54, 1.807) is 0 Å². The highest BCUT2D eigenvalue weighted by Gasteiger charge is 2.02. The first kappa shape index (κ1) is 10.4. The second-order valence-corrected chi connectivity index (χ2v) is 4.74. The van der Waals surface area contributed by atoms with Crippen LogP contribution in [-0.2, 0) is 0 Å². The molecule has 0 aliphatic heterocycles. The van der Waals surface area contributed by atoms with Crippen molar-refractivity contribution in [1.29, 1.82) is 0 Å². The fourth-order valence-electron chi connectivity index (χ4n) is 1.72. The summed E-state index contributed by atoms with van der Waals surface area (Å²) in [6, 6.07) is 15.0. The standard InChI is InChI=1S/C14H13Br/c1-10-4-3-5-12(8-10)14-9-13(15)7-6-11(14)2/h3-9H,1-2H3. The summed E-state index contributed by atoms with van der Waals surface area (Å²) in [5, 5.41) is 0. The monoisotopic (exact) mass is 260 g/mol. The maximum Gasteiger partial charge on any atom is 0.0181 e. The van der Waals surface area contributed by atoms with E-state index in [4.69, 9.17) is 0 Å². The highest BCUT2D eigenvalue weighted by Crippen LogP contribution is 2.27. The summed E-state index contributed by atoms with van der Waals surface area (Å²) in [5.41, 5.74) is 5.19. The maximum atomic E-state index is 3.51. The van der Waals surface area contributed by atoms with Crippen LogP contribution in [0.5, 0.6) is 0 Å². The molecular formula is C14H13Br. The summed E-state index contributed by atoms with van der Waals surface area (Å²) in [7, 11) is 0. The van der Waals surface area contributed by atoms with Crippen LogP contribution in [0, 0.1) is 13.8 Å². The highest BCUT2D eigenvalue weighted by atomic mass is 79.9. The molecule has 15 heavy (non-hydrogen) atoms. The van der Waals surface area contributed by atoms with Crippen LogP contribution in [0.2, 0.25) is 0 Å². The van der Waals surface area contributed by atoms with Crippen molar-refractivity contribution < 1.29 is 0 Å². The van der Waals surface area contributed by atoms with Gasteiger partial charge in [0.1, 0.15) is 0 Å². The zero-order chi connectivity index (χ0) is 10.8. The second-order valence-electron chi connectivity index (χ2n) is 3.83. The normalized spacial score (nSPS) is 10.3. The SMILES string of the molecule is Cc1cccc(-c2cc(Br)ccc2C)c1. The van der Waals surface area contributed by atoms with Gasteiger partial charge in [-0.2, -0.15) is 0 Å². The zero-order valence-electron chi connectivity index (χ0n) is 8.92. The summed E-state index contributed by atoms with van der Waals surface area (Å²) >= 11 is 3.51. The first-order valence-corrected chi connectivity index (χ1v) is 5.79. The van der Waals surface area contributed by atoms with Crippen molar-refractivity contribution in [2.24, 2.45) is 0 Å². The molecule has 1 heteroatoms. The highest BCUT2D eigenvalue weighted by molar-refractivity contribution is 9.10. The largest absolute Gasteiger partial charge is 0.0614 e. The van der Waals surface area contributed by atoms with Crippen molar-refractivity contribution in [3.63, 3.8) is 0 Å². The van der Waals surface area contributed by atoms with Crippen molar-refractivity contribution in [3.05, 3.63) is 58.1 Å². The summed E-state index contributed by atoms with van der Waals surface area (Å²) in [6.45, 7) is 4.26. The number of hydrogen-bond acceptors (Lipinski definition) is 0. The molecular weight excluding hydrogens is 248 g/mol. The van der Waals surface area contributed by atoms with Crippen LogP contribution in [0.4, 0.5) is 0 Å².